The molecule has 0 spiro atoms. The summed E-state index contributed by atoms with van der Waals surface area (Å²) < 4.78 is 5.50. The molecular formula is C64H46N12O8. The number of rotatable bonds is 8. The Morgan fingerprint density at radius 3 is 0.679 bits per heavy atom. The third-order valence-electron chi connectivity index (χ3n) is 15.0. The highest BCUT2D eigenvalue weighted by molar-refractivity contribution is 6.00. The fourth-order valence-electron chi connectivity index (χ4n) is 10.6. The third kappa shape index (κ3) is 9.10. The lowest BCUT2D eigenvalue weighted by Gasteiger charge is -2.10. The molecule has 0 atom stereocenters. The molecule has 0 amide bonds. The lowest BCUT2D eigenvalue weighted by atomic mass is 10.0. The summed E-state index contributed by atoms with van der Waals surface area (Å²) in [7, 11) is 0. The Kier molecular flexibility index (Phi) is 12.3. The van der Waals surface area contributed by atoms with Crippen molar-refractivity contribution >= 4 is 46.4 Å². The van der Waals surface area contributed by atoms with Gasteiger partial charge in [-0.05, 0) is 147 Å². The summed E-state index contributed by atoms with van der Waals surface area (Å²) in [6, 6.07) is 37.2. The quantitative estimate of drug-likeness (QED) is 0.0855. The van der Waals surface area contributed by atoms with E-state index in [-0.39, 0.29) is 0 Å². The van der Waals surface area contributed by atoms with Crippen LogP contribution >= 0.6 is 0 Å². The number of aromatic amines is 6. The average Bonchev–Trinajstić information content (AvgIpc) is 3.35. The molecule has 6 N–H and O–H groups in total. The van der Waals surface area contributed by atoms with Gasteiger partial charge < -0.3 is 9.97 Å². The molecular weight excluding hydrogens is 1060 g/mol. The first-order valence-electron chi connectivity index (χ1n) is 26.4. The number of nitrogens with one attached hydrogen (secondary N) is 6. The molecule has 11 aromatic rings. The number of fused-ring (bicyclic) bond motifs is 8. The van der Waals surface area contributed by atoms with Gasteiger partial charge in [-0.3, -0.25) is 57.4 Å². The van der Waals surface area contributed by atoms with Gasteiger partial charge in [0.05, 0.1) is 45.5 Å². The molecule has 2 aliphatic rings. The maximum atomic E-state index is 13.1. The van der Waals surface area contributed by atoms with Crippen LogP contribution in [-0.2, 0) is 0 Å². The highest BCUT2D eigenvalue weighted by Gasteiger charge is 2.21. The summed E-state index contributed by atoms with van der Waals surface area (Å²) >= 11 is 0. The fraction of sp³-hybridized carbons (Fsp3) is 0.0625. The standard InChI is InChI=1S/C64H46N12O8/c1-33-29-73(61(81)69-57(33)77)41-13-5-37(6-14-41)53-45-21-23-47(65-45)54(38-7-15-42(16-8-38)74-30-34(2)58(78)70-62(74)82)49-25-27-51(67-49)56(40-11-19-44(20-12-40)76-32-36(4)60(80)72-64(76)84)52-28-26-50(68-52)55(48-24-22-46(53)66-48)39-9-17-43(18-10-39)75-31-35(3)59(79)71-63(75)83/h5-32,65,68H,1-4H3,(H,69,77,81)(H,70,78,82)(H,71,79,83)(H,72,80,84). The summed E-state index contributed by atoms with van der Waals surface area (Å²) in [6.45, 7) is 6.50. The molecule has 410 valence electrons. The third-order valence-corrected chi connectivity index (χ3v) is 15.0. The van der Waals surface area contributed by atoms with Crippen molar-refractivity contribution in [1.29, 1.82) is 0 Å². The minimum Gasteiger partial charge on any atom is -0.354 e. The van der Waals surface area contributed by atoms with Crippen molar-refractivity contribution in [3.8, 4) is 67.3 Å². The maximum Gasteiger partial charge on any atom is 0.332 e. The van der Waals surface area contributed by atoms with E-state index in [0.29, 0.717) is 112 Å². The lowest BCUT2D eigenvalue weighted by Crippen LogP contribution is -2.29. The van der Waals surface area contributed by atoms with E-state index < -0.39 is 45.0 Å². The van der Waals surface area contributed by atoms with E-state index in [4.69, 9.17) is 9.97 Å². The number of hydrogen-bond donors (Lipinski definition) is 6. The first-order valence-corrected chi connectivity index (χ1v) is 26.4. The average molecular weight is 1110 g/mol. The van der Waals surface area contributed by atoms with Gasteiger partial charge in [0, 0.05) is 91.4 Å². The zero-order chi connectivity index (χ0) is 58.2. The number of hydrogen-bond acceptors (Lipinski definition) is 10. The molecule has 84 heavy (non-hydrogen) atoms. The minimum atomic E-state index is -0.587. The van der Waals surface area contributed by atoms with Crippen molar-refractivity contribution in [2.24, 2.45) is 0 Å². The molecule has 2 aliphatic heterocycles. The second-order valence-electron chi connectivity index (χ2n) is 20.5. The van der Waals surface area contributed by atoms with E-state index in [1.165, 1.54) is 43.1 Å². The molecule has 9 heterocycles. The van der Waals surface area contributed by atoms with Crippen LogP contribution in [0, 0.1) is 27.7 Å². The number of aryl methyl sites for hydroxylation is 4. The smallest absolute Gasteiger partial charge is 0.332 e. The summed E-state index contributed by atoms with van der Waals surface area (Å²) in [5.41, 5.74) is 10.00. The van der Waals surface area contributed by atoms with Crippen LogP contribution in [0.25, 0.3) is 114 Å². The van der Waals surface area contributed by atoms with Crippen molar-refractivity contribution in [2.45, 2.75) is 27.7 Å². The number of H-pyrrole nitrogens is 6. The van der Waals surface area contributed by atoms with Crippen LogP contribution in [0.15, 0.2) is 184 Å². The van der Waals surface area contributed by atoms with Crippen LogP contribution in [0.3, 0.4) is 0 Å². The van der Waals surface area contributed by atoms with Gasteiger partial charge in [0.15, 0.2) is 0 Å². The van der Waals surface area contributed by atoms with E-state index in [0.717, 1.165) is 22.3 Å². The predicted octanol–water partition coefficient (Wildman–Crippen LogP) is 7.91. The van der Waals surface area contributed by atoms with Crippen LogP contribution in [0.4, 0.5) is 0 Å². The van der Waals surface area contributed by atoms with Gasteiger partial charge in [-0.2, -0.15) is 0 Å². The molecule has 4 aromatic carbocycles. The highest BCUT2D eigenvalue weighted by atomic mass is 16.2. The molecule has 7 aromatic heterocycles. The number of benzene rings is 4. The first-order chi connectivity index (χ1) is 40.5. The molecule has 0 saturated heterocycles. The molecule has 0 unspecified atom stereocenters. The lowest BCUT2D eigenvalue weighted by molar-refractivity contribution is 0.880. The van der Waals surface area contributed by atoms with Crippen molar-refractivity contribution < 1.29 is 0 Å². The topological polar surface area (TPSA) is 277 Å². The fourth-order valence-corrected chi connectivity index (χ4v) is 10.6. The zero-order valence-electron chi connectivity index (χ0n) is 45.1. The van der Waals surface area contributed by atoms with Gasteiger partial charge in [-0.15, -0.1) is 0 Å². The molecule has 13 rings (SSSR count). The van der Waals surface area contributed by atoms with Crippen LogP contribution in [0.5, 0.6) is 0 Å². The summed E-state index contributed by atoms with van der Waals surface area (Å²) in [4.78, 5) is 129. The van der Waals surface area contributed by atoms with Gasteiger partial charge >= 0.3 is 22.8 Å². The van der Waals surface area contributed by atoms with E-state index in [1.807, 2.05) is 97.1 Å². The van der Waals surface area contributed by atoms with Gasteiger partial charge in [0.2, 0.25) is 0 Å². The SMILES string of the molecule is Cc1cn(-c2ccc(-c3c4nc(c(-c5ccc(-n6cc(C)c(=O)[nH]c6=O)cc5)c5ccc([nH]5)c(-c5ccc(-n6cc(C)c(=O)[nH]c6=O)cc5)c5nc(c(-c6ccc(-n7cc(C)c(=O)[nH]c7=O)cc6)c6ccc3[nH]6)C=C5)C=C4)cc2)c(=O)[nH]c1=O. The molecule has 20 heteroatoms. The Labute approximate surface area is 472 Å². The molecule has 0 saturated carbocycles. The molecule has 8 bridgehead atoms. The summed E-state index contributed by atoms with van der Waals surface area (Å²) in [6.07, 6.45) is 13.7. The van der Waals surface area contributed by atoms with Gasteiger partial charge in [-0.25, -0.2) is 29.1 Å². The Morgan fingerprint density at radius 2 is 0.476 bits per heavy atom. The molecule has 20 nitrogen and oxygen atoms in total. The van der Waals surface area contributed by atoms with Gasteiger partial charge in [0.1, 0.15) is 0 Å². The Morgan fingerprint density at radius 1 is 0.274 bits per heavy atom. The van der Waals surface area contributed by atoms with Crippen LogP contribution in [0.1, 0.15) is 45.0 Å². The summed E-state index contributed by atoms with van der Waals surface area (Å²) in [5.74, 6) is 0. The van der Waals surface area contributed by atoms with Crippen molar-refractivity contribution in [1.82, 2.24) is 58.1 Å². The molecule has 0 aliphatic carbocycles. The van der Waals surface area contributed by atoms with Crippen molar-refractivity contribution in [3.05, 3.63) is 274 Å². The first kappa shape index (κ1) is 51.6. The number of aromatic nitrogens is 12. The monoisotopic (exact) mass is 1110 g/mol. The second kappa shape index (κ2) is 20.1. The second-order valence-corrected chi connectivity index (χ2v) is 20.5. The normalized spacial score (nSPS) is 11.9. The largest absolute Gasteiger partial charge is 0.354 e. The van der Waals surface area contributed by atoms with Gasteiger partial charge in [-0.1, -0.05) is 48.5 Å². The molecule has 0 fully saturated rings. The Balaban J connectivity index is 1.09. The van der Waals surface area contributed by atoms with Crippen molar-refractivity contribution in [2.75, 3.05) is 0 Å². The van der Waals surface area contributed by atoms with Gasteiger partial charge in [0.25, 0.3) is 22.2 Å². The van der Waals surface area contributed by atoms with Crippen molar-refractivity contribution in [3.63, 3.8) is 0 Å². The van der Waals surface area contributed by atoms with E-state index >= 15 is 0 Å². The van der Waals surface area contributed by atoms with Crippen LogP contribution in [-0.4, -0.2) is 58.1 Å². The maximum absolute atomic E-state index is 13.1. The van der Waals surface area contributed by atoms with Crippen LogP contribution < -0.4 is 45.0 Å². The Hall–Kier alpha value is -11.8. The minimum absolute atomic E-state index is 0.365. The summed E-state index contributed by atoms with van der Waals surface area (Å²) in [5, 5.41) is 0. The highest BCUT2D eigenvalue weighted by Crippen LogP contribution is 2.39. The van der Waals surface area contributed by atoms with E-state index in [2.05, 4.69) is 29.9 Å². The van der Waals surface area contributed by atoms with E-state index in [9.17, 15) is 38.4 Å². The Bertz CT molecular complexity index is 4690. The predicted molar refractivity (Wildman–Crippen MR) is 324 cm³/mol. The number of nitrogens with zero attached hydrogens (tertiary/aromatic N) is 6. The van der Waals surface area contributed by atoms with Crippen LogP contribution in [0.2, 0.25) is 0 Å². The zero-order valence-corrected chi connectivity index (χ0v) is 45.1. The van der Waals surface area contributed by atoms with E-state index in [1.54, 1.807) is 76.2 Å². The molecule has 0 radical (unpaired) electrons.